The Kier molecular flexibility index (Phi) is 8.84. The average molecular weight is 653 g/mol. The van der Waals surface area contributed by atoms with Crippen LogP contribution in [0.3, 0.4) is 0 Å². The molecule has 2 aliphatic heterocycles. The number of esters is 2. The number of nitro benzene ring substituents is 2. The number of nitrogens with zero attached hydrogens (tertiary/aromatic N) is 4. The van der Waals surface area contributed by atoms with E-state index in [4.69, 9.17) is 9.47 Å². The molecule has 0 spiro atoms. The van der Waals surface area contributed by atoms with Crippen molar-refractivity contribution < 1.29 is 46.5 Å². The normalized spacial score (nSPS) is 25.9. The second-order valence-electron chi connectivity index (χ2n) is 12.2. The molecular formula is C30H32F4N4O8. The number of carbonyl (C=O) groups excluding carboxylic acids is 2. The van der Waals surface area contributed by atoms with Gasteiger partial charge in [-0.1, -0.05) is 0 Å². The number of nitro groups is 2. The molecule has 4 fully saturated rings. The van der Waals surface area contributed by atoms with Gasteiger partial charge in [0.05, 0.1) is 46.6 Å². The zero-order valence-corrected chi connectivity index (χ0v) is 25.0. The molecule has 16 heteroatoms. The molecule has 2 aromatic rings. The number of anilines is 2. The number of alkyl halides is 4. The molecule has 0 bridgehead atoms. The second kappa shape index (κ2) is 12.4. The van der Waals surface area contributed by atoms with Crippen molar-refractivity contribution in [3.8, 4) is 0 Å². The first-order valence-electron chi connectivity index (χ1n) is 14.6. The SMILES string of the molecule is COC(=O)c1ccc([N+](=O)[O-])cc1N1CCC2(C(F)F)CC2C1.COC(=O)c1ccc([N+](=O)[O-])cc1N1CC[C@]2(C(F)F)C[C@@H]2C1. The molecule has 2 unspecified atom stereocenters. The van der Waals surface area contributed by atoms with E-state index >= 15 is 0 Å². The van der Waals surface area contributed by atoms with Crippen LogP contribution in [-0.2, 0) is 9.47 Å². The maximum atomic E-state index is 13.1. The standard InChI is InChI=1S/2C15H16F2N2O4/c2*1-23-13(20)11-3-2-10(19(21)22)6-12(11)18-5-4-15(14(16)17)7-9(15)8-18/h2*2-3,6,9,14H,4-5,7-8H2,1H3/t9-,15+;/m1./s1. The van der Waals surface area contributed by atoms with Crippen molar-refractivity contribution in [2.24, 2.45) is 22.7 Å². The van der Waals surface area contributed by atoms with Crippen molar-refractivity contribution in [2.75, 3.05) is 50.2 Å². The fourth-order valence-electron chi connectivity index (χ4n) is 6.85. The molecule has 12 nitrogen and oxygen atoms in total. The van der Waals surface area contributed by atoms with Crippen LogP contribution in [0.5, 0.6) is 0 Å². The predicted molar refractivity (Wildman–Crippen MR) is 156 cm³/mol. The van der Waals surface area contributed by atoms with Gasteiger partial charge in [-0.3, -0.25) is 20.2 Å². The maximum absolute atomic E-state index is 13.1. The molecular weight excluding hydrogens is 620 g/mol. The van der Waals surface area contributed by atoms with E-state index in [1.165, 1.54) is 50.6 Å². The van der Waals surface area contributed by atoms with E-state index in [1.54, 1.807) is 9.80 Å². The van der Waals surface area contributed by atoms with E-state index in [0.717, 1.165) is 0 Å². The molecule has 46 heavy (non-hydrogen) atoms. The number of halogens is 4. The number of ether oxygens (including phenoxy) is 2. The molecule has 2 saturated heterocycles. The summed E-state index contributed by atoms with van der Waals surface area (Å²) in [6.45, 7) is 1.42. The third kappa shape index (κ3) is 5.91. The van der Waals surface area contributed by atoms with Gasteiger partial charge < -0.3 is 19.3 Å². The lowest BCUT2D eigenvalue weighted by Crippen LogP contribution is -2.38. The third-order valence-electron chi connectivity index (χ3n) is 9.88. The largest absolute Gasteiger partial charge is 0.465 e. The topological polar surface area (TPSA) is 145 Å². The van der Waals surface area contributed by atoms with Crippen molar-refractivity contribution >= 4 is 34.7 Å². The first-order chi connectivity index (χ1) is 21.8. The summed E-state index contributed by atoms with van der Waals surface area (Å²) >= 11 is 0. The lowest BCUT2D eigenvalue weighted by Gasteiger charge is -2.33. The highest BCUT2D eigenvalue weighted by molar-refractivity contribution is 5.97. The zero-order valence-electron chi connectivity index (χ0n) is 25.0. The summed E-state index contributed by atoms with van der Waals surface area (Å²) in [4.78, 5) is 48.2. The van der Waals surface area contributed by atoms with Gasteiger partial charge in [-0.15, -0.1) is 0 Å². The number of rotatable bonds is 8. The number of fused-ring (bicyclic) bond motifs is 2. The fourth-order valence-corrected chi connectivity index (χ4v) is 6.85. The summed E-state index contributed by atoms with van der Waals surface area (Å²) in [6.07, 6.45) is -3.13. The van der Waals surface area contributed by atoms with E-state index in [1.807, 2.05) is 0 Å². The summed E-state index contributed by atoms with van der Waals surface area (Å²) in [7, 11) is 2.46. The molecule has 2 aromatic carbocycles. The molecule has 0 N–H and O–H groups in total. The van der Waals surface area contributed by atoms with E-state index in [-0.39, 0.29) is 34.3 Å². The highest BCUT2D eigenvalue weighted by Crippen LogP contribution is 2.62. The predicted octanol–water partition coefficient (Wildman–Crippen LogP) is 5.73. The van der Waals surface area contributed by atoms with Crippen molar-refractivity contribution in [1.29, 1.82) is 0 Å². The van der Waals surface area contributed by atoms with E-state index in [0.29, 0.717) is 63.2 Å². The third-order valence-corrected chi connectivity index (χ3v) is 9.88. The number of carbonyl (C=O) groups is 2. The van der Waals surface area contributed by atoms with Crippen LogP contribution >= 0.6 is 0 Å². The number of hydrogen-bond acceptors (Lipinski definition) is 10. The van der Waals surface area contributed by atoms with Gasteiger partial charge >= 0.3 is 11.9 Å². The van der Waals surface area contributed by atoms with Gasteiger partial charge in [0.15, 0.2) is 0 Å². The summed E-state index contributed by atoms with van der Waals surface area (Å²) in [5, 5.41) is 21.9. The Morgan fingerprint density at radius 1 is 0.761 bits per heavy atom. The quantitative estimate of drug-likeness (QED) is 0.150. The Labute approximate surface area is 260 Å². The molecule has 2 saturated carbocycles. The van der Waals surface area contributed by atoms with Crippen LogP contribution in [0.25, 0.3) is 0 Å². The van der Waals surface area contributed by atoms with Crippen LogP contribution < -0.4 is 9.80 Å². The molecule has 4 atom stereocenters. The minimum absolute atomic E-state index is 0.138. The van der Waals surface area contributed by atoms with Crippen molar-refractivity contribution in [1.82, 2.24) is 0 Å². The Bertz CT molecular complexity index is 1450. The molecule has 0 amide bonds. The zero-order chi connectivity index (χ0) is 33.6. The minimum atomic E-state index is -2.35. The molecule has 0 aromatic heterocycles. The number of hydrogen-bond donors (Lipinski definition) is 0. The van der Waals surface area contributed by atoms with Crippen LogP contribution in [0, 0.1) is 42.9 Å². The molecule has 4 aliphatic rings. The molecule has 248 valence electrons. The lowest BCUT2D eigenvalue weighted by molar-refractivity contribution is -0.385. The Morgan fingerprint density at radius 3 is 1.41 bits per heavy atom. The van der Waals surface area contributed by atoms with Crippen LogP contribution in [0.15, 0.2) is 36.4 Å². The summed E-state index contributed by atoms with van der Waals surface area (Å²) in [5.41, 5.74) is -0.915. The van der Waals surface area contributed by atoms with Gasteiger partial charge in [0.25, 0.3) is 11.4 Å². The van der Waals surface area contributed by atoms with Crippen LogP contribution in [0.4, 0.5) is 40.3 Å². The minimum Gasteiger partial charge on any atom is -0.465 e. The van der Waals surface area contributed by atoms with E-state index in [2.05, 4.69) is 0 Å². The van der Waals surface area contributed by atoms with Crippen LogP contribution in [0.2, 0.25) is 0 Å². The number of non-ortho nitro benzene ring substituents is 2. The maximum Gasteiger partial charge on any atom is 0.339 e. The highest BCUT2D eigenvalue weighted by atomic mass is 19.3. The van der Waals surface area contributed by atoms with E-state index in [9.17, 15) is 47.4 Å². The molecule has 0 radical (unpaired) electrons. The first-order valence-corrected chi connectivity index (χ1v) is 14.6. The van der Waals surface area contributed by atoms with Crippen molar-refractivity contribution in [3.05, 3.63) is 67.8 Å². The summed E-state index contributed by atoms with van der Waals surface area (Å²) in [5.74, 6) is -1.48. The lowest BCUT2D eigenvalue weighted by atomic mass is 9.95. The number of methoxy groups -OCH3 is 2. The Hall–Kier alpha value is -4.50. The Balaban J connectivity index is 0.000000181. The first kappa shape index (κ1) is 32.9. The van der Waals surface area contributed by atoms with Gasteiger partial charge in [0.2, 0.25) is 12.9 Å². The number of piperidine rings is 2. The molecule has 2 heterocycles. The van der Waals surface area contributed by atoms with E-state index < -0.39 is 45.5 Å². The summed E-state index contributed by atoms with van der Waals surface area (Å²) < 4.78 is 61.9. The fraction of sp³-hybridized carbons (Fsp3) is 0.533. The van der Waals surface area contributed by atoms with Gasteiger partial charge in [-0.05, 0) is 49.7 Å². The number of benzene rings is 2. The molecule has 2 aliphatic carbocycles. The molecule has 6 rings (SSSR count). The second-order valence-corrected chi connectivity index (χ2v) is 12.2. The van der Waals surface area contributed by atoms with Crippen LogP contribution in [-0.4, -0.2) is 75.0 Å². The van der Waals surface area contributed by atoms with Crippen LogP contribution in [0.1, 0.15) is 46.4 Å². The van der Waals surface area contributed by atoms with Gasteiger partial charge in [0.1, 0.15) is 0 Å². The highest BCUT2D eigenvalue weighted by Gasteiger charge is 2.63. The van der Waals surface area contributed by atoms with Gasteiger partial charge in [0, 0.05) is 61.3 Å². The van der Waals surface area contributed by atoms with Gasteiger partial charge in [-0.25, -0.2) is 27.2 Å². The Morgan fingerprint density at radius 2 is 1.13 bits per heavy atom. The summed E-state index contributed by atoms with van der Waals surface area (Å²) in [6, 6.07) is 7.79. The van der Waals surface area contributed by atoms with Gasteiger partial charge in [-0.2, -0.15) is 0 Å². The average Bonchev–Trinajstić information content (AvgIpc) is 3.96. The smallest absolute Gasteiger partial charge is 0.339 e. The van der Waals surface area contributed by atoms with Crippen molar-refractivity contribution in [3.63, 3.8) is 0 Å². The monoisotopic (exact) mass is 652 g/mol. The van der Waals surface area contributed by atoms with Crippen molar-refractivity contribution in [2.45, 2.75) is 38.5 Å².